The monoisotopic (exact) mass is 1120 g/mol. The van der Waals surface area contributed by atoms with Crippen LogP contribution in [0, 0.1) is 0 Å². The number of allylic oxidation sites excluding steroid dienone is 18. The van der Waals surface area contributed by atoms with E-state index in [-0.39, 0.29) is 31.1 Å². The fraction of sp³-hybridized carbons (Fsp3) is 0.720. The highest BCUT2D eigenvalue weighted by molar-refractivity contribution is 5.71. The minimum atomic E-state index is -0.800. The highest BCUT2D eigenvalue weighted by atomic mass is 16.6. The lowest BCUT2D eigenvalue weighted by Gasteiger charge is -2.18. The first-order valence-corrected chi connectivity index (χ1v) is 34.4. The molecule has 0 heterocycles. The van der Waals surface area contributed by atoms with Crippen molar-refractivity contribution in [3.8, 4) is 0 Å². The van der Waals surface area contributed by atoms with Crippen LogP contribution in [0.2, 0.25) is 0 Å². The molecule has 0 amide bonds. The maximum Gasteiger partial charge on any atom is 0.306 e. The van der Waals surface area contributed by atoms with Crippen LogP contribution in [-0.2, 0) is 28.6 Å². The van der Waals surface area contributed by atoms with Gasteiger partial charge in [0.2, 0.25) is 0 Å². The average molecular weight is 1130 g/mol. The number of esters is 3. The maximum atomic E-state index is 12.9. The summed E-state index contributed by atoms with van der Waals surface area (Å²) >= 11 is 0. The molecule has 0 N–H and O–H groups in total. The van der Waals surface area contributed by atoms with Crippen LogP contribution in [0.4, 0.5) is 0 Å². The lowest BCUT2D eigenvalue weighted by Crippen LogP contribution is -2.30. The Balaban J connectivity index is 4.30. The molecule has 0 saturated carbocycles. The molecule has 0 rings (SSSR count). The molecule has 0 aliphatic rings. The van der Waals surface area contributed by atoms with E-state index in [1.54, 1.807) is 0 Å². The first kappa shape index (κ1) is 77.1. The van der Waals surface area contributed by atoms with Crippen LogP contribution < -0.4 is 0 Å². The molecular weight excluding hydrogens is 997 g/mol. The molecule has 0 aromatic heterocycles. The Labute approximate surface area is 501 Å². The Hall–Kier alpha value is -3.93. The molecule has 6 nitrogen and oxygen atoms in total. The molecular formula is C75H128O6. The minimum Gasteiger partial charge on any atom is -0.462 e. The Morgan fingerprint density at radius 2 is 0.481 bits per heavy atom. The van der Waals surface area contributed by atoms with E-state index in [4.69, 9.17) is 14.2 Å². The van der Waals surface area contributed by atoms with Crippen molar-refractivity contribution in [3.05, 3.63) is 109 Å². The topological polar surface area (TPSA) is 78.9 Å². The number of unbranched alkanes of at least 4 members (excludes halogenated alkanes) is 33. The smallest absolute Gasteiger partial charge is 0.306 e. The summed E-state index contributed by atoms with van der Waals surface area (Å²) in [6.07, 6.45) is 94.0. The van der Waals surface area contributed by atoms with Gasteiger partial charge in [0.15, 0.2) is 6.10 Å². The second-order valence-corrected chi connectivity index (χ2v) is 22.7. The first-order chi connectivity index (χ1) is 40.0. The number of ether oxygens (including phenoxy) is 3. The van der Waals surface area contributed by atoms with Crippen LogP contribution in [-0.4, -0.2) is 37.2 Å². The number of carbonyl (C=O) groups excluding carboxylic acids is 3. The van der Waals surface area contributed by atoms with Gasteiger partial charge in [0.1, 0.15) is 13.2 Å². The third kappa shape index (κ3) is 66.8. The van der Waals surface area contributed by atoms with Crippen molar-refractivity contribution in [2.45, 2.75) is 335 Å². The molecule has 1 atom stereocenters. The zero-order valence-corrected chi connectivity index (χ0v) is 53.3. The van der Waals surface area contributed by atoms with Gasteiger partial charge in [-0.15, -0.1) is 0 Å². The predicted octanol–water partition coefficient (Wildman–Crippen LogP) is 23.8. The summed E-state index contributed by atoms with van der Waals surface area (Å²) in [7, 11) is 0. The Kier molecular flexibility index (Phi) is 65.2. The van der Waals surface area contributed by atoms with E-state index in [2.05, 4.69) is 130 Å². The maximum absolute atomic E-state index is 12.9. The van der Waals surface area contributed by atoms with Crippen LogP contribution >= 0.6 is 0 Å². The lowest BCUT2D eigenvalue weighted by atomic mass is 10.0. The molecule has 0 fully saturated rings. The minimum absolute atomic E-state index is 0.0932. The van der Waals surface area contributed by atoms with E-state index in [9.17, 15) is 14.4 Å². The first-order valence-electron chi connectivity index (χ1n) is 34.4. The molecule has 81 heavy (non-hydrogen) atoms. The van der Waals surface area contributed by atoms with Gasteiger partial charge in [0.05, 0.1) is 0 Å². The van der Waals surface area contributed by atoms with Crippen LogP contribution in [0.15, 0.2) is 109 Å². The molecule has 464 valence electrons. The molecule has 0 aromatic rings. The zero-order valence-electron chi connectivity index (χ0n) is 53.3. The number of carbonyl (C=O) groups is 3. The SMILES string of the molecule is CC/C=C\C/C=C\C/C=C\CCCCCC(=O)OCC(COC(=O)CCCCCCCCCCCCCCCC/C=C\C/C=C\C/C=C\CCCCCCC)OC(=O)CCCCCCCC/C=C\C/C=C\C/C=C\CCCCCCC. The van der Waals surface area contributed by atoms with Crippen molar-refractivity contribution in [2.75, 3.05) is 13.2 Å². The molecule has 0 spiro atoms. The highest BCUT2D eigenvalue weighted by Gasteiger charge is 2.19. The number of hydrogen-bond acceptors (Lipinski definition) is 6. The van der Waals surface area contributed by atoms with Gasteiger partial charge in [0, 0.05) is 19.3 Å². The lowest BCUT2D eigenvalue weighted by molar-refractivity contribution is -0.167. The fourth-order valence-corrected chi connectivity index (χ4v) is 9.59. The summed E-state index contributed by atoms with van der Waals surface area (Å²) in [6.45, 7) is 6.49. The Bertz CT molecular complexity index is 1620. The second-order valence-electron chi connectivity index (χ2n) is 22.7. The number of hydrogen-bond donors (Lipinski definition) is 0. The molecule has 0 aromatic carbocycles. The molecule has 6 heteroatoms. The Morgan fingerprint density at radius 1 is 0.259 bits per heavy atom. The van der Waals surface area contributed by atoms with Crippen molar-refractivity contribution in [1.82, 2.24) is 0 Å². The predicted molar refractivity (Wildman–Crippen MR) is 353 cm³/mol. The van der Waals surface area contributed by atoms with Crippen LogP contribution in [0.3, 0.4) is 0 Å². The average Bonchev–Trinajstić information content (AvgIpc) is 3.46. The molecule has 0 radical (unpaired) electrons. The van der Waals surface area contributed by atoms with Crippen molar-refractivity contribution >= 4 is 17.9 Å². The van der Waals surface area contributed by atoms with Gasteiger partial charge in [-0.05, 0) is 128 Å². The highest BCUT2D eigenvalue weighted by Crippen LogP contribution is 2.16. The van der Waals surface area contributed by atoms with Gasteiger partial charge in [-0.3, -0.25) is 14.4 Å². The molecule has 1 unspecified atom stereocenters. The third-order valence-electron chi connectivity index (χ3n) is 14.7. The van der Waals surface area contributed by atoms with Crippen LogP contribution in [0.1, 0.15) is 329 Å². The van der Waals surface area contributed by atoms with E-state index in [0.29, 0.717) is 19.3 Å². The van der Waals surface area contributed by atoms with E-state index < -0.39 is 6.10 Å². The fourth-order valence-electron chi connectivity index (χ4n) is 9.59. The van der Waals surface area contributed by atoms with Gasteiger partial charge in [0.25, 0.3) is 0 Å². The third-order valence-corrected chi connectivity index (χ3v) is 14.7. The van der Waals surface area contributed by atoms with Gasteiger partial charge in [-0.1, -0.05) is 291 Å². The summed E-state index contributed by atoms with van der Waals surface area (Å²) in [6, 6.07) is 0. The van der Waals surface area contributed by atoms with Gasteiger partial charge in [-0.2, -0.15) is 0 Å². The summed E-state index contributed by atoms with van der Waals surface area (Å²) in [5, 5.41) is 0. The number of rotatable bonds is 62. The molecule has 0 aliphatic carbocycles. The van der Waals surface area contributed by atoms with Crippen LogP contribution in [0.25, 0.3) is 0 Å². The van der Waals surface area contributed by atoms with Crippen LogP contribution in [0.5, 0.6) is 0 Å². The van der Waals surface area contributed by atoms with Crippen molar-refractivity contribution < 1.29 is 28.6 Å². The van der Waals surface area contributed by atoms with E-state index >= 15 is 0 Å². The summed E-state index contributed by atoms with van der Waals surface area (Å²) < 4.78 is 16.9. The normalized spacial score (nSPS) is 12.8. The standard InChI is InChI=1S/C75H128O6/c1-4-7-10-13-16-19-22-25-27-29-31-33-34-35-36-37-38-39-40-42-43-45-47-50-53-56-59-62-65-68-74(77)80-71-72(70-79-73(76)67-64-61-58-55-52-49-24-21-18-15-12-9-6-3)81-75(78)69-66-63-60-57-54-51-48-46-44-41-32-30-28-26-23-20-17-14-11-8-5-2/h9,12,18,21-23,25-26,29-32,34-35,44,46,49,52,72H,4-8,10-11,13-17,19-20,24,27-28,33,36-43,45,47-48,50-51,53-71H2,1-3H3/b12-9-,21-18-,25-22-,26-23-,31-29-,32-30-,35-34-,46-44-,52-49-. The second kappa shape index (κ2) is 68.6. The van der Waals surface area contributed by atoms with Crippen molar-refractivity contribution in [2.24, 2.45) is 0 Å². The van der Waals surface area contributed by atoms with E-state index in [1.807, 2.05) is 0 Å². The van der Waals surface area contributed by atoms with Gasteiger partial charge in [-0.25, -0.2) is 0 Å². The quantitative estimate of drug-likeness (QED) is 0.0261. The summed E-state index contributed by atoms with van der Waals surface area (Å²) in [4.78, 5) is 38.4. The molecule has 0 saturated heterocycles. The van der Waals surface area contributed by atoms with E-state index in [0.717, 1.165) is 122 Å². The van der Waals surface area contributed by atoms with Crippen molar-refractivity contribution in [1.29, 1.82) is 0 Å². The molecule has 0 aliphatic heterocycles. The van der Waals surface area contributed by atoms with Gasteiger partial charge < -0.3 is 14.2 Å². The van der Waals surface area contributed by atoms with Crippen molar-refractivity contribution in [3.63, 3.8) is 0 Å². The summed E-state index contributed by atoms with van der Waals surface area (Å²) in [5.74, 6) is -0.928. The van der Waals surface area contributed by atoms with E-state index in [1.165, 1.54) is 167 Å². The largest absolute Gasteiger partial charge is 0.462 e. The zero-order chi connectivity index (χ0) is 58.5. The summed E-state index contributed by atoms with van der Waals surface area (Å²) in [5.41, 5.74) is 0. The molecule has 0 bridgehead atoms. The Morgan fingerprint density at radius 3 is 0.765 bits per heavy atom. The van der Waals surface area contributed by atoms with Gasteiger partial charge >= 0.3 is 17.9 Å².